The molecule has 1 aliphatic rings. The molecule has 5 rings (SSSR count). The molecule has 0 unspecified atom stereocenters. The number of hydrogen-bond acceptors (Lipinski definition) is 5. The van der Waals surface area contributed by atoms with Crippen molar-refractivity contribution in [3.8, 4) is 28.8 Å². The van der Waals surface area contributed by atoms with Crippen LogP contribution in [0.4, 0.5) is 4.39 Å². The summed E-state index contributed by atoms with van der Waals surface area (Å²) in [7, 11) is 1.39. The van der Waals surface area contributed by atoms with E-state index in [2.05, 4.69) is 0 Å². The van der Waals surface area contributed by atoms with Crippen LogP contribution in [0.1, 0.15) is 18.1 Å². The third kappa shape index (κ3) is 5.05. The molecule has 0 radical (unpaired) electrons. The first-order chi connectivity index (χ1) is 19.4. The first-order valence-corrected chi connectivity index (χ1v) is 12.6. The Bertz CT molecular complexity index is 1700. The molecule has 1 aliphatic heterocycles. The molecule has 0 spiro atoms. The highest BCUT2D eigenvalue weighted by Crippen LogP contribution is 2.32. The van der Waals surface area contributed by atoms with Gasteiger partial charge in [0, 0.05) is 29.4 Å². The number of aromatic nitrogens is 2. The molecule has 0 fully saturated rings. The third-order valence-electron chi connectivity index (χ3n) is 6.78. The van der Waals surface area contributed by atoms with Gasteiger partial charge in [-0.3, -0.25) is 14.5 Å². The number of nitriles is 1. The maximum absolute atomic E-state index is 14.7. The minimum absolute atomic E-state index is 0.0913. The highest BCUT2D eigenvalue weighted by atomic mass is 19.1. The van der Waals surface area contributed by atoms with Crippen LogP contribution in [0, 0.1) is 17.1 Å². The van der Waals surface area contributed by atoms with Gasteiger partial charge in [-0.2, -0.15) is 10.4 Å². The van der Waals surface area contributed by atoms with Gasteiger partial charge in [-0.1, -0.05) is 48.5 Å². The molecular weight excluding hydrogens is 507 g/mol. The van der Waals surface area contributed by atoms with Crippen molar-refractivity contribution in [1.29, 1.82) is 5.26 Å². The van der Waals surface area contributed by atoms with Crippen molar-refractivity contribution in [2.75, 3.05) is 13.7 Å². The zero-order valence-corrected chi connectivity index (χ0v) is 22.0. The summed E-state index contributed by atoms with van der Waals surface area (Å²) >= 11 is 0. The van der Waals surface area contributed by atoms with Crippen LogP contribution in [-0.4, -0.2) is 40.1 Å². The van der Waals surface area contributed by atoms with Gasteiger partial charge in [-0.15, -0.1) is 0 Å². The van der Waals surface area contributed by atoms with Gasteiger partial charge >= 0.3 is 0 Å². The minimum atomic E-state index is -0.615. The van der Waals surface area contributed by atoms with Crippen LogP contribution in [0.2, 0.25) is 0 Å². The maximum atomic E-state index is 14.7. The molecule has 0 N–H and O–H groups in total. The SMILES string of the molecule is COc1ccc(-c2nn(-c3ccccc3)cc2/C=C2/C(=O)N(CCc3ccccc3)C(=O)C(C#N)=C2C)cc1F. The summed E-state index contributed by atoms with van der Waals surface area (Å²) in [5, 5.41) is 14.5. The lowest BCUT2D eigenvalue weighted by atomic mass is 9.93. The van der Waals surface area contributed by atoms with E-state index in [1.807, 2.05) is 66.7 Å². The molecule has 0 atom stereocenters. The van der Waals surface area contributed by atoms with E-state index >= 15 is 0 Å². The number of nitrogens with zero attached hydrogens (tertiary/aromatic N) is 4. The first-order valence-electron chi connectivity index (χ1n) is 12.6. The lowest BCUT2D eigenvalue weighted by Crippen LogP contribution is -2.43. The number of amides is 2. The molecule has 0 saturated heterocycles. The second-order valence-electron chi connectivity index (χ2n) is 9.23. The van der Waals surface area contributed by atoms with Gasteiger partial charge in [-0.05, 0) is 60.9 Å². The first kappa shape index (κ1) is 26.3. The number of rotatable bonds is 7. The van der Waals surface area contributed by atoms with Crippen LogP contribution in [0.5, 0.6) is 5.75 Å². The monoisotopic (exact) mass is 532 g/mol. The van der Waals surface area contributed by atoms with E-state index in [9.17, 15) is 19.2 Å². The number of hydrogen-bond donors (Lipinski definition) is 0. The number of imide groups is 1. The second-order valence-corrected chi connectivity index (χ2v) is 9.23. The maximum Gasteiger partial charge on any atom is 0.271 e. The number of para-hydroxylation sites is 1. The molecule has 2 heterocycles. The molecule has 0 aliphatic carbocycles. The van der Waals surface area contributed by atoms with Crippen molar-refractivity contribution in [3.63, 3.8) is 0 Å². The molecule has 40 heavy (non-hydrogen) atoms. The van der Waals surface area contributed by atoms with Crippen LogP contribution < -0.4 is 4.74 Å². The normalized spacial score (nSPS) is 14.6. The minimum Gasteiger partial charge on any atom is -0.494 e. The largest absolute Gasteiger partial charge is 0.494 e. The van der Waals surface area contributed by atoms with Crippen LogP contribution in [-0.2, 0) is 16.0 Å². The number of carbonyl (C=O) groups is 2. The summed E-state index contributed by atoms with van der Waals surface area (Å²) in [5.41, 5.74) is 3.54. The van der Waals surface area contributed by atoms with Gasteiger partial charge in [0.25, 0.3) is 11.8 Å². The third-order valence-corrected chi connectivity index (χ3v) is 6.78. The molecule has 0 bridgehead atoms. The average Bonchev–Trinajstić information content (AvgIpc) is 3.40. The average molecular weight is 533 g/mol. The predicted molar refractivity (Wildman–Crippen MR) is 149 cm³/mol. The van der Waals surface area contributed by atoms with Gasteiger partial charge in [-0.25, -0.2) is 9.07 Å². The molecule has 7 nitrogen and oxygen atoms in total. The van der Waals surface area contributed by atoms with Crippen LogP contribution in [0.15, 0.2) is 102 Å². The van der Waals surface area contributed by atoms with E-state index in [0.717, 1.165) is 16.2 Å². The van der Waals surface area contributed by atoms with Gasteiger partial charge in [0.05, 0.1) is 12.8 Å². The van der Waals surface area contributed by atoms with E-state index in [-0.39, 0.29) is 29.0 Å². The lowest BCUT2D eigenvalue weighted by molar-refractivity contribution is -0.140. The van der Waals surface area contributed by atoms with Crippen LogP contribution >= 0.6 is 0 Å². The smallest absolute Gasteiger partial charge is 0.271 e. The van der Waals surface area contributed by atoms with Gasteiger partial charge in [0.15, 0.2) is 11.6 Å². The van der Waals surface area contributed by atoms with Crippen molar-refractivity contribution in [2.45, 2.75) is 13.3 Å². The number of ether oxygens (including phenoxy) is 1. The van der Waals surface area contributed by atoms with Crippen LogP contribution in [0.25, 0.3) is 23.0 Å². The van der Waals surface area contributed by atoms with E-state index in [4.69, 9.17) is 9.84 Å². The van der Waals surface area contributed by atoms with E-state index in [1.54, 1.807) is 29.9 Å². The fraction of sp³-hybridized carbons (Fsp3) is 0.125. The summed E-state index contributed by atoms with van der Waals surface area (Å²) in [6.07, 6.45) is 3.80. The highest BCUT2D eigenvalue weighted by molar-refractivity contribution is 6.19. The number of halogens is 1. The molecular formula is C32H25FN4O3. The fourth-order valence-electron chi connectivity index (χ4n) is 4.62. The molecule has 2 amide bonds. The Morgan fingerprint density at radius 3 is 2.35 bits per heavy atom. The van der Waals surface area contributed by atoms with Crippen molar-refractivity contribution in [2.24, 2.45) is 0 Å². The van der Waals surface area contributed by atoms with Gasteiger partial charge in [0.1, 0.15) is 17.3 Å². The van der Waals surface area contributed by atoms with E-state index < -0.39 is 17.6 Å². The second kappa shape index (κ2) is 11.2. The molecule has 198 valence electrons. The topological polar surface area (TPSA) is 88.2 Å². The summed E-state index contributed by atoms with van der Waals surface area (Å²) in [6.45, 7) is 1.71. The van der Waals surface area contributed by atoms with Gasteiger partial charge < -0.3 is 4.74 Å². The van der Waals surface area contributed by atoms with Gasteiger partial charge in [0.2, 0.25) is 0 Å². The molecule has 1 aromatic heterocycles. The Labute approximate surface area is 231 Å². The Morgan fingerprint density at radius 2 is 1.70 bits per heavy atom. The number of benzene rings is 3. The summed E-state index contributed by atoms with van der Waals surface area (Å²) in [4.78, 5) is 27.9. The number of carbonyl (C=O) groups excluding carboxylic acids is 2. The fourth-order valence-corrected chi connectivity index (χ4v) is 4.62. The Balaban J connectivity index is 1.61. The Morgan fingerprint density at radius 1 is 1.00 bits per heavy atom. The molecule has 4 aromatic rings. The Kier molecular flexibility index (Phi) is 7.38. The van der Waals surface area contributed by atoms with E-state index in [0.29, 0.717) is 23.2 Å². The van der Waals surface area contributed by atoms with Crippen molar-refractivity contribution >= 4 is 17.9 Å². The molecule has 8 heteroatoms. The zero-order valence-electron chi connectivity index (χ0n) is 22.0. The molecule has 0 saturated carbocycles. The van der Waals surface area contributed by atoms with E-state index in [1.165, 1.54) is 19.2 Å². The predicted octanol–water partition coefficient (Wildman–Crippen LogP) is 5.52. The number of methoxy groups -OCH3 is 1. The van der Waals surface area contributed by atoms with Crippen LogP contribution in [0.3, 0.4) is 0 Å². The standard InChI is InChI=1S/C32H25FN4O3/c1-21-26(31(38)36(32(39)27(21)19-34)16-15-22-9-5-3-6-10-22)17-24-20-37(25-11-7-4-8-12-25)35-30(24)23-13-14-29(40-2)28(33)18-23/h3-14,17-18,20H,15-16H2,1-2H3/b26-17+. The summed E-state index contributed by atoms with van der Waals surface area (Å²) < 4.78 is 21.4. The van der Waals surface area contributed by atoms with Crippen molar-refractivity contribution in [3.05, 3.63) is 119 Å². The Hall–Kier alpha value is -5.29. The quantitative estimate of drug-likeness (QED) is 0.231. The lowest BCUT2D eigenvalue weighted by Gasteiger charge is -2.27. The molecule has 3 aromatic carbocycles. The van der Waals surface area contributed by atoms with Crippen molar-refractivity contribution < 1.29 is 18.7 Å². The van der Waals surface area contributed by atoms with Crippen molar-refractivity contribution in [1.82, 2.24) is 14.7 Å². The zero-order chi connectivity index (χ0) is 28.2. The highest BCUT2D eigenvalue weighted by Gasteiger charge is 2.35. The summed E-state index contributed by atoms with van der Waals surface area (Å²) in [6, 6.07) is 25.4. The summed E-state index contributed by atoms with van der Waals surface area (Å²) in [5.74, 6) is -1.58.